The molecule has 4 rings (SSSR count). The molecule has 0 N–H and O–H groups in total. The first-order valence-electron chi connectivity index (χ1n) is 7.87. The Kier molecular flexibility index (Phi) is 4.81. The Morgan fingerprint density at radius 2 is 1.88 bits per heavy atom. The van der Waals surface area contributed by atoms with E-state index in [2.05, 4.69) is 14.3 Å². The van der Waals surface area contributed by atoms with Crippen LogP contribution in [0.15, 0.2) is 59.9 Å². The third kappa shape index (κ3) is 3.27. The summed E-state index contributed by atoms with van der Waals surface area (Å²) < 4.78 is 24.5. The van der Waals surface area contributed by atoms with Gasteiger partial charge in [-0.05, 0) is 47.4 Å². The number of nitrogens with zero attached hydrogens (tertiary/aromatic N) is 3. The number of hydrogen-bond donors (Lipinski definition) is 0. The lowest BCUT2D eigenvalue weighted by Gasteiger charge is -2.04. The maximum absolute atomic E-state index is 13.8. The zero-order chi connectivity index (χ0) is 17.9. The van der Waals surface area contributed by atoms with Gasteiger partial charge in [-0.25, -0.2) is 14.4 Å². The molecule has 0 unspecified atom stereocenters. The average molecular weight is 383 g/mol. The summed E-state index contributed by atoms with van der Waals surface area (Å²) in [6.45, 7) is 0. The van der Waals surface area contributed by atoms with Crippen LogP contribution < -0.4 is 4.74 Å². The van der Waals surface area contributed by atoms with Crippen molar-refractivity contribution < 1.29 is 9.13 Å². The number of thioether (sulfide) groups is 1. The van der Waals surface area contributed by atoms with Crippen molar-refractivity contribution in [3.63, 3.8) is 0 Å². The van der Waals surface area contributed by atoms with Crippen LogP contribution in [0.25, 0.3) is 21.5 Å². The van der Waals surface area contributed by atoms with E-state index >= 15 is 0 Å². The van der Waals surface area contributed by atoms with Crippen molar-refractivity contribution in [2.45, 2.75) is 10.8 Å². The Hall–Kier alpha value is -2.51. The van der Waals surface area contributed by atoms with Gasteiger partial charge >= 0.3 is 0 Å². The summed E-state index contributed by atoms with van der Waals surface area (Å²) >= 11 is 2.85. The van der Waals surface area contributed by atoms with E-state index < -0.39 is 0 Å². The lowest BCUT2D eigenvalue weighted by atomic mass is 10.1. The summed E-state index contributed by atoms with van der Waals surface area (Å²) in [6, 6.07) is 14.5. The highest BCUT2D eigenvalue weighted by Gasteiger charge is 2.15. The van der Waals surface area contributed by atoms with Crippen LogP contribution in [0.3, 0.4) is 0 Å². The van der Waals surface area contributed by atoms with E-state index in [-0.39, 0.29) is 5.82 Å². The Labute approximate surface area is 158 Å². The van der Waals surface area contributed by atoms with Gasteiger partial charge in [-0.15, -0.1) is 0 Å². The molecule has 0 fully saturated rings. The van der Waals surface area contributed by atoms with Crippen LogP contribution in [-0.2, 0) is 5.75 Å². The molecule has 0 aliphatic rings. The number of hydrogen-bond acceptors (Lipinski definition) is 6. The fourth-order valence-electron chi connectivity index (χ4n) is 2.55. The Morgan fingerprint density at radius 1 is 1.08 bits per heavy atom. The topological polar surface area (TPSA) is 47.9 Å². The number of aromatic nitrogens is 3. The van der Waals surface area contributed by atoms with Gasteiger partial charge in [0, 0.05) is 11.3 Å². The molecule has 0 aliphatic carbocycles. The van der Waals surface area contributed by atoms with Gasteiger partial charge in [-0.1, -0.05) is 30.0 Å². The normalized spacial score (nSPS) is 11.0. The highest BCUT2D eigenvalue weighted by Crippen LogP contribution is 2.36. The highest BCUT2D eigenvalue weighted by molar-refractivity contribution is 7.98. The number of halogens is 1. The van der Waals surface area contributed by atoms with E-state index in [0.29, 0.717) is 11.3 Å². The Bertz CT molecular complexity index is 1050. The maximum Gasteiger partial charge on any atom is 0.127 e. The van der Waals surface area contributed by atoms with Crippen molar-refractivity contribution in [3.05, 3.63) is 66.2 Å². The summed E-state index contributed by atoms with van der Waals surface area (Å²) in [4.78, 5) is 8.78. The molecule has 2 heterocycles. The Morgan fingerprint density at radius 3 is 2.65 bits per heavy atom. The first-order chi connectivity index (χ1) is 12.8. The van der Waals surface area contributed by atoms with Crippen molar-refractivity contribution in [2.75, 3.05) is 7.11 Å². The second-order valence-corrected chi connectivity index (χ2v) is 7.23. The second-order valence-electron chi connectivity index (χ2n) is 5.50. The average Bonchev–Trinajstić information content (AvgIpc) is 3.12. The van der Waals surface area contributed by atoms with Gasteiger partial charge in [0.25, 0.3) is 0 Å². The van der Waals surface area contributed by atoms with Gasteiger partial charge in [0.2, 0.25) is 0 Å². The zero-order valence-corrected chi connectivity index (χ0v) is 15.5. The lowest BCUT2D eigenvalue weighted by molar-refractivity contribution is 0.415. The molecule has 7 heteroatoms. The second kappa shape index (κ2) is 7.39. The number of ether oxygens (including phenoxy) is 1. The molecule has 2 aromatic carbocycles. The van der Waals surface area contributed by atoms with E-state index in [1.54, 1.807) is 19.2 Å². The van der Waals surface area contributed by atoms with Crippen LogP contribution in [0.5, 0.6) is 5.75 Å². The van der Waals surface area contributed by atoms with Crippen LogP contribution in [0, 0.1) is 5.82 Å². The quantitative estimate of drug-likeness (QED) is 0.350. The zero-order valence-electron chi connectivity index (χ0n) is 13.8. The number of benzene rings is 2. The molecule has 0 saturated carbocycles. The largest absolute Gasteiger partial charge is 0.497 e. The number of fused-ring (bicyclic) bond motifs is 1. The van der Waals surface area contributed by atoms with Crippen LogP contribution in [-0.4, -0.2) is 21.5 Å². The smallest absolute Gasteiger partial charge is 0.127 e. The molecule has 4 aromatic rings. The van der Waals surface area contributed by atoms with Gasteiger partial charge in [0.05, 0.1) is 7.11 Å². The Balaban J connectivity index is 1.65. The van der Waals surface area contributed by atoms with Crippen LogP contribution in [0.4, 0.5) is 4.39 Å². The van der Waals surface area contributed by atoms with Crippen molar-refractivity contribution in [1.82, 2.24) is 14.3 Å². The molecule has 0 radical (unpaired) electrons. The molecule has 2 aromatic heterocycles. The minimum absolute atomic E-state index is 0.200. The summed E-state index contributed by atoms with van der Waals surface area (Å²) in [7, 11) is 1.64. The van der Waals surface area contributed by atoms with E-state index in [1.807, 2.05) is 30.3 Å². The summed E-state index contributed by atoms with van der Waals surface area (Å²) in [5, 5.41) is 0.815. The molecule has 0 amide bonds. The maximum atomic E-state index is 13.8. The van der Waals surface area contributed by atoms with Crippen LogP contribution >= 0.6 is 23.3 Å². The van der Waals surface area contributed by atoms with Crippen molar-refractivity contribution >= 4 is 33.5 Å². The fourth-order valence-corrected chi connectivity index (χ4v) is 4.45. The molecular weight excluding hydrogens is 369 g/mol. The molecule has 0 bridgehead atoms. The summed E-state index contributed by atoms with van der Waals surface area (Å²) in [6.07, 6.45) is 1.54. The minimum atomic E-state index is -0.200. The van der Waals surface area contributed by atoms with Gasteiger partial charge in [-0.3, -0.25) is 0 Å². The standard InChI is InChI=1S/C19H14FN3OS2/c1-24-14-8-6-12(7-9-14)16-17-18(26-23-16)19(22-11-21-17)25-10-13-4-2-3-5-15(13)20/h2-9,11H,10H2,1H3. The molecule has 4 nitrogen and oxygen atoms in total. The third-order valence-electron chi connectivity index (χ3n) is 3.91. The van der Waals surface area contributed by atoms with E-state index in [1.165, 1.54) is 35.7 Å². The minimum Gasteiger partial charge on any atom is -0.497 e. The van der Waals surface area contributed by atoms with Gasteiger partial charge in [0.1, 0.15) is 38.8 Å². The molecule has 0 spiro atoms. The van der Waals surface area contributed by atoms with Crippen LogP contribution in [0.2, 0.25) is 0 Å². The molecule has 130 valence electrons. The van der Waals surface area contributed by atoms with Crippen molar-refractivity contribution in [1.29, 1.82) is 0 Å². The van der Waals surface area contributed by atoms with E-state index in [9.17, 15) is 4.39 Å². The van der Waals surface area contributed by atoms with Gasteiger partial charge in [0.15, 0.2) is 0 Å². The monoisotopic (exact) mass is 383 g/mol. The van der Waals surface area contributed by atoms with Crippen LogP contribution in [0.1, 0.15) is 5.56 Å². The molecule has 0 saturated heterocycles. The van der Waals surface area contributed by atoms with Crippen molar-refractivity contribution in [2.24, 2.45) is 0 Å². The number of methoxy groups -OCH3 is 1. The molecule has 0 aliphatic heterocycles. The van der Waals surface area contributed by atoms with Gasteiger partial charge in [-0.2, -0.15) is 4.37 Å². The highest BCUT2D eigenvalue weighted by atomic mass is 32.2. The van der Waals surface area contributed by atoms with Crippen molar-refractivity contribution in [3.8, 4) is 17.0 Å². The third-order valence-corrected chi connectivity index (χ3v) is 5.92. The predicted octanol–water partition coefficient (Wildman–Crippen LogP) is 5.19. The molecule has 0 atom stereocenters. The van der Waals surface area contributed by atoms with Gasteiger partial charge < -0.3 is 4.74 Å². The summed E-state index contributed by atoms with van der Waals surface area (Å²) in [5.41, 5.74) is 3.26. The van der Waals surface area contributed by atoms with E-state index in [4.69, 9.17) is 4.74 Å². The summed E-state index contributed by atoms with van der Waals surface area (Å²) in [5.74, 6) is 1.10. The molecular formula is C19H14FN3OS2. The first kappa shape index (κ1) is 16.9. The molecule has 26 heavy (non-hydrogen) atoms. The number of rotatable bonds is 5. The lowest BCUT2D eigenvalue weighted by Crippen LogP contribution is -1.89. The first-order valence-corrected chi connectivity index (χ1v) is 9.63. The fraction of sp³-hybridized carbons (Fsp3) is 0.105. The predicted molar refractivity (Wildman–Crippen MR) is 103 cm³/mol. The SMILES string of the molecule is COc1ccc(-c2nsc3c(SCc4ccccc4F)ncnc23)cc1. The van der Waals surface area contributed by atoms with E-state index in [0.717, 1.165) is 32.2 Å².